The molecule has 2 aromatic carbocycles. The second-order valence-corrected chi connectivity index (χ2v) is 10.4. The van der Waals surface area contributed by atoms with Gasteiger partial charge in [-0.2, -0.15) is 0 Å². The van der Waals surface area contributed by atoms with Crippen molar-refractivity contribution in [1.82, 2.24) is 0 Å². The largest absolute Gasteiger partial charge is 0.310 e. The Morgan fingerprint density at radius 3 is 2.11 bits per heavy atom. The van der Waals surface area contributed by atoms with E-state index in [0.29, 0.717) is 6.07 Å². The first-order valence-electron chi connectivity index (χ1n) is 7.50. The van der Waals surface area contributed by atoms with Gasteiger partial charge in [-0.1, -0.05) is 43.7 Å². The van der Waals surface area contributed by atoms with Crippen molar-refractivity contribution >= 4 is 25.7 Å². The number of nitrogens with zero attached hydrogens (tertiary/aromatic N) is 1. The van der Waals surface area contributed by atoms with Crippen LogP contribution in [0.3, 0.4) is 0 Å². The van der Waals surface area contributed by atoms with Crippen LogP contribution in [-0.4, -0.2) is 13.3 Å². The molecule has 0 aromatic heterocycles. The molecule has 1 atom stereocenters. The molecule has 0 aliphatic heterocycles. The lowest BCUT2D eigenvalue weighted by molar-refractivity contribution is -0.385. The summed E-state index contributed by atoms with van der Waals surface area (Å²) in [5.74, 6) is 0. The predicted octanol–water partition coefficient (Wildman–Crippen LogP) is 6.34. The number of nitro benzene ring substituents is 1. The topological polar surface area (TPSA) is 77.3 Å². The van der Waals surface area contributed by atoms with Crippen LogP contribution in [0.4, 0.5) is 25.1 Å². The summed E-state index contributed by atoms with van der Waals surface area (Å²) in [5.41, 5.74) is -2.00. The molecule has 0 bridgehead atoms. The van der Waals surface area contributed by atoms with Crippen LogP contribution in [0, 0.1) is 10.1 Å². The Kier molecular flexibility index (Phi) is 4.89. The van der Waals surface area contributed by atoms with E-state index in [1.807, 2.05) is 0 Å². The van der Waals surface area contributed by atoms with Crippen LogP contribution in [0.25, 0.3) is 0 Å². The van der Waals surface area contributed by atoms with E-state index in [9.17, 15) is 38.0 Å². The zero-order chi connectivity index (χ0) is 21.4. The van der Waals surface area contributed by atoms with Gasteiger partial charge in [0.25, 0.3) is 5.69 Å². The van der Waals surface area contributed by atoms with E-state index < -0.39 is 46.4 Å². The van der Waals surface area contributed by atoms with Gasteiger partial charge in [-0.15, -0.1) is 6.58 Å². The molecule has 2 rings (SSSR count). The van der Waals surface area contributed by atoms with E-state index in [4.69, 9.17) is 0 Å². The molecule has 5 nitrogen and oxygen atoms in total. The Labute approximate surface area is 157 Å². The highest BCUT2D eigenvalue weighted by molar-refractivity contribution is 8.45. The van der Waals surface area contributed by atoms with Crippen LogP contribution in [0.1, 0.15) is 17.2 Å². The molecule has 0 saturated heterocycles. The van der Waals surface area contributed by atoms with Crippen LogP contribution >= 0.6 is 10.2 Å². The lowest BCUT2D eigenvalue weighted by Gasteiger charge is -2.40. The molecule has 1 unspecified atom stereocenters. The SMILES string of the molecule is C=CCC(c1ccc(S(F)(F)(F)(F)F)cc1[N+](=O)[O-])S(=O)(=O)c1ccccc1. The first kappa shape index (κ1) is 21.8. The molecule has 0 radical (unpaired) electrons. The molecular formula is C16H14F5NO4S2. The standard InChI is InChI=1S/C16H14F5NO4S2/c1-2-6-16(27(25,26)12-7-4-3-5-8-12)14-10-9-13(11-15(14)22(23)24)28(17,18,19,20)21/h2-5,7-11,16H,1,6H2. The van der Waals surface area contributed by atoms with E-state index in [0.717, 1.165) is 6.08 Å². The molecule has 0 aliphatic rings. The third-order valence-electron chi connectivity index (χ3n) is 3.82. The molecule has 0 fully saturated rings. The zero-order valence-corrected chi connectivity index (χ0v) is 15.6. The van der Waals surface area contributed by atoms with Gasteiger partial charge in [0, 0.05) is 11.6 Å². The van der Waals surface area contributed by atoms with Gasteiger partial charge in [0.05, 0.1) is 9.82 Å². The monoisotopic (exact) mass is 443 g/mol. The third kappa shape index (κ3) is 4.50. The molecule has 0 aliphatic carbocycles. The lowest BCUT2D eigenvalue weighted by atomic mass is 10.1. The summed E-state index contributed by atoms with van der Waals surface area (Å²) in [5, 5.41) is 9.59. The van der Waals surface area contributed by atoms with Gasteiger partial charge in [0.15, 0.2) is 9.84 Å². The Morgan fingerprint density at radius 2 is 1.64 bits per heavy atom. The smallest absolute Gasteiger partial charge is 0.258 e. The Morgan fingerprint density at radius 1 is 1.07 bits per heavy atom. The van der Waals surface area contributed by atoms with Crippen LogP contribution < -0.4 is 0 Å². The maximum absolute atomic E-state index is 13.0. The highest BCUT2D eigenvalue weighted by Crippen LogP contribution is 3.02. The van der Waals surface area contributed by atoms with E-state index in [1.54, 1.807) is 0 Å². The van der Waals surface area contributed by atoms with Gasteiger partial charge in [-0.25, -0.2) is 8.42 Å². The predicted molar refractivity (Wildman–Crippen MR) is 95.7 cm³/mol. The van der Waals surface area contributed by atoms with Gasteiger partial charge in [-0.05, 0) is 30.7 Å². The normalized spacial score (nSPS) is 15.9. The van der Waals surface area contributed by atoms with Crippen LogP contribution in [-0.2, 0) is 9.84 Å². The fraction of sp³-hybridized carbons (Fsp3) is 0.125. The average Bonchev–Trinajstić information content (AvgIpc) is 2.57. The Balaban J connectivity index is 2.76. The molecule has 0 spiro atoms. The Hall–Kier alpha value is -2.47. The van der Waals surface area contributed by atoms with Crippen molar-refractivity contribution in [3.05, 3.63) is 76.9 Å². The first-order valence-corrected chi connectivity index (χ1v) is 11.0. The summed E-state index contributed by atoms with van der Waals surface area (Å²) in [7, 11) is -14.5. The number of hydrogen-bond acceptors (Lipinski definition) is 4. The lowest BCUT2D eigenvalue weighted by Crippen LogP contribution is -2.16. The molecule has 154 valence electrons. The van der Waals surface area contributed by atoms with Gasteiger partial charge < -0.3 is 0 Å². The number of hydrogen-bond donors (Lipinski definition) is 0. The van der Waals surface area contributed by atoms with E-state index in [2.05, 4.69) is 6.58 Å². The third-order valence-corrected chi connectivity index (χ3v) is 7.09. The molecule has 0 N–H and O–H groups in total. The number of nitro groups is 1. The van der Waals surface area contributed by atoms with E-state index >= 15 is 0 Å². The van der Waals surface area contributed by atoms with Crippen molar-refractivity contribution in [3.8, 4) is 0 Å². The van der Waals surface area contributed by atoms with Gasteiger partial charge in [0.1, 0.15) is 10.1 Å². The number of benzene rings is 2. The molecule has 2 aromatic rings. The minimum absolute atomic E-state index is 0.0412. The molecule has 0 heterocycles. The summed E-state index contributed by atoms with van der Waals surface area (Å²) in [6, 6.07) is 6.76. The molecular weight excluding hydrogens is 429 g/mol. The molecule has 0 saturated carbocycles. The van der Waals surface area contributed by atoms with E-state index in [-0.39, 0.29) is 23.4 Å². The second kappa shape index (κ2) is 6.27. The quantitative estimate of drug-likeness (QED) is 0.216. The van der Waals surface area contributed by atoms with Crippen molar-refractivity contribution < 1.29 is 32.8 Å². The van der Waals surface area contributed by atoms with Crippen LogP contribution in [0.2, 0.25) is 0 Å². The van der Waals surface area contributed by atoms with Gasteiger partial charge in [-0.3, -0.25) is 10.1 Å². The van der Waals surface area contributed by atoms with Crippen molar-refractivity contribution in [3.63, 3.8) is 0 Å². The Bertz CT molecular complexity index is 1040. The first-order chi connectivity index (χ1) is 12.6. The number of allylic oxidation sites excluding steroid dienone is 1. The molecule has 28 heavy (non-hydrogen) atoms. The summed E-state index contributed by atoms with van der Waals surface area (Å²) in [6.45, 7) is 3.36. The average molecular weight is 443 g/mol. The van der Waals surface area contributed by atoms with Gasteiger partial charge >= 0.3 is 10.2 Å². The van der Waals surface area contributed by atoms with Gasteiger partial charge in [0.2, 0.25) is 0 Å². The minimum Gasteiger partial charge on any atom is -0.258 e. The number of halogens is 5. The summed E-state index contributed by atoms with van der Waals surface area (Å²) < 4.78 is 90.8. The zero-order valence-electron chi connectivity index (χ0n) is 14.0. The fourth-order valence-electron chi connectivity index (χ4n) is 2.54. The molecule has 0 amide bonds. The number of rotatable bonds is 7. The van der Waals surface area contributed by atoms with Crippen molar-refractivity contribution in [2.75, 3.05) is 0 Å². The summed E-state index contributed by atoms with van der Waals surface area (Å²) in [4.78, 5) is 7.25. The highest BCUT2D eigenvalue weighted by atomic mass is 32.5. The van der Waals surface area contributed by atoms with Crippen LogP contribution in [0.15, 0.2) is 71.0 Å². The number of sulfone groups is 1. The molecule has 12 heteroatoms. The van der Waals surface area contributed by atoms with E-state index in [1.165, 1.54) is 30.3 Å². The van der Waals surface area contributed by atoms with Crippen molar-refractivity contribution in [2.24, 2.45) is 0 Å². The second-order valence-electron chi connectivity index (χ2n) is 5.82. The maximum atomic E-state index is 13.0. The van der Waals surface area contributed by atoms with Crippen LogP contribution in [0.5, 0.6) is 0 Å². The minimum atomic E-state index is -10.2. The maximum Gasteiger partial charge on any atom is 0.310 e. The van der Waals surface area contributed by atoms with Crippen molar-refractivity contribution in [2.45, 2.75) is 21.5 Å². The fourth-order valence-corrected chi connectivity index (χ4v) is 4.99. The van der Waals surface area contributed by atoms with Crippen molar-refractivity contribution in [1.29, 1.82) is 0 Å². The highest BCUT2D eigenvalue weighted by Gasteiger charge is 2.66. The summed E-state index contributed by atoms with van der Waals surface area (Å²) in [6.07, 6.45) is 0.737. The summed E-state index contributed by atoms with van der Waals surface area (Å²) >= 11 is 0.